The van der Waals surface area contributed by atoms with Crippen molar-refractivity contribution in [2.24, 2.45) is 0 Å². The Labute approximate surface area is 80.4 Å². The van der Waals surface area contributed by atoms with Gasteiger partial charge in [-0.25, -0.2) is 4.68 Å². The first-order chi connectivity index (χ1) is 6.29. The Morgan fingerprint density at radius 3 is 2.85 bits per heavy atom. The van der Waals surface area contributed by atoms with Crippen LogP contribution in [0.3, 0.4) is 0 Å². The van der Waals surface area contributed by atoms with Gasteiger partial charge in [-0.15, -0.1) is 0 Å². The van der Waals surface area contributed by atoms with Crippen LogP contribution in [0.5, 0.6) is 0 Å². The van der Waals surface area contributed by atoms with Gasteiger partial charge < -0.3 is 4.90 Å². The van der Waals surface area contributed by atoms with E-state index in [0.29, 0.717) is 6.04 Å². The Bertz CT molecular complexity index is 254. The molecule has 0 saturated heterocycles. The molecule has 13 heavy (non-hydrogen) atoms. The van der Waals surface area contributed by atoms with Crippen LogP contribution in [-0.2, 0) is 6.54 Å². The highest BCUT2D eigenvalue weighted by molar-refractivity contribution is 5.39. The van der Waals surface area contributed by atoms with Gasteiger partial charge in [-0.2, -0.15) is 5.10 Å². The topological polar surface area (TPSA) is 21.1 Å². The molecule has 2 heterocycles. The van der Waals surface area contributed by atoms with E-state index in [-0.39, 0.29) is 0 Å². The summed E-state index contributed by atoms with van der Waals surface area (Å²) in [7, 11) is 2.12. The van der Waals surface area contributed by atoms with Crippen molar-refractivity contribution in [1.82, 2.24) is 9.78 Å². The van der Waals surface area contributed by atoms with E-state index in [9.17, 15) is 0 Å². The number of hydrogen-bond donors (Lipinski definition) is 0. The lowest BCUT2D eigenvalue weighted by molar-refractivity contribution is 0.466. The number of nitrogens with zero attached hydrogens (tertiary/aromatic N) is 3. The van der Waals surface area contributed by atoms with Crippen LogP contribution in [0.2, 0.25) is 0 Å². The van der Waals surface area contributed by atoms with Crippen molar-refractivity contribution in [3.63, 3.8) is 0 Å². The van der Waals surface area contributed by atoms with Crippen molar-refractivity contribution in [3.8, 4) is 0 Å². The Kier molecular flexibility index (Phi) is 3.34. The van der Waals surface area contributed by atoms with E-state index in [1.165, 1.54) is 12.2 Å². The molecule has 0 bridgehead atoms. The number of fused-ring (bicyclic) bond motifs is 1. The molecule has 0 aliphatic carbocycles. The third-order valence-electron chi connectivity index (χ3n) is 2.48. The summed E-state index contributed by atoms with van der Waals surface area (Å²) in [6.45, 7) is 7.31. The van der Waals surface area contributed by atoms with E-state index in [2.05, 4.69) is 34.7 Å². The first-order valence-electron chi connectivity index (χ1n) is 5.03. The molecule has 0 aromatic carbocycles. The molecule has 0 spiro atoms. The highest BCUT2D eigenvalue weighted by atomic mass is 15.4. The maximum atomic E-state index is 4.22. The molecule has 0 fully saturated rings. The number of anilines is 1. The molecule has 0 radical (unpaired) electrons. The predicted molar refractivity (Wildman–Crippen MR) is 56.1 cm³/mol. The summed E-state index contributed by atoms with van der Waals surface area (Å²) in [5.74, 6) is 1.24. The van der Waals surface area contributed by atoms with Crippen LogP contribution >= 0.6 is 0 Å². The van der Waals surface area contributed by atoms with E-state index in [0.717, 1.165) is 6.54 Å². The van der Waals surface area contributed by atoms with Crippen LogP contribution in [0.25, 0.3) is 0 Å². The maximum Gasteiger partial charge on any atom is 0.126 e. The van der Waals surface area contributed by atoms with Gasteiger partial charge in [-0.05, 0) is 13.3 Å². The van der Waals surface area contributed by atoms with Crippen LogP contribution in [0.1, 0.15) is 27.2 Å². The molecule has 1 atom stereocenters. The molecule has 1 unspecified atom stereocenters. The fraction of sp³-hybridized carbons (Fsp3) is 0.700. The van der Waals surface area contributed by atoms with Crippen LogP contribution in [0, 0.1) is 0 Å². The molecule has 3 heteroatoms. The number of aromatic nitrogens is 2. The monoisotopic (exact) mass is 181 g/mol. The molecular weight excluding hydrogens is 162 g/mol. The zero-order valence-corrected chi connectivity index (χ0v) is 8.99. The van der Waals surface area contributed by atoms with Gasteiger partial charge in [0, 0.05) is 25.7 Å². The average Bonchev–Trinajstić information content (AvgIpc) is 2.63. The second-order valence-corrected chi connectivity index (χ2v) is 3.16. The van der Waals surface area contributed by atoms with Gasteiger partial charge in [-0.1, -0.05) is 13.8 Å². The van der Waals surface area contributed by atoms with E-state index >= 15 is 0 Å². The van der Waals surface area contributed by atoms with Crippen molar-refractivity contribution >= 4 is 5.82 Å². The Balaban J connectivity index is 0.000000396. The van der Waals surface area contributed by atoms with Gasteiger partial charge >= 0.3 is 0 Å². The summed E-state index contributed by atoms with van der Waals surface area (Å²) in [4.78, 5) is 2.27. The van der Waals surface area contributed by atoms with Gasteiger partial charge in [0.2, 0.25) is 0 Å². The minimum atomic E-state index is 0.652. The molecule has 0 amide bonds. The molecule has 0 saturated carbocycles. The van der Waals surface area contributed by atoms with E-state index in [4.69, 9.17) is 0 Å². The van der Waals surface area contributed by atoms with Crippen molar-refractivity contribution in [2.45, 2.75) is 39.8 Å². The number of hydrogen-bond acceptors (Lipinski definition) is 2. The minimum Gasteiger partial charge on any atom is -0.357 e. The minimum absolute atomic E-state index is 0.652. The summed E-state index contributed by atoms with van der Waals surface area (Å²) >= 11 is 0. The molecule has 1 aromatic heterocycles. The first kappa shape index (κ1) is 10.1. The summed E-state index contributed by atoms with van der Waals surface area (Å²) in [5, 5.41) is 4.22. The molecule has 3 nitrogen and oxygen atoms in total. The van der Waals surface area contributed by atoms with Crippen molar-refractivity contribution < 1.29 is 0 Å². The fourth-order valence-corrected chi connectivity index (χ4v) is 1.53. The standard InChI is InChI=1S/C8H13N3.C2H6/c1-7-4-6-11-8(10(7)2)3-5-9-11;1-2/h3,5,7H,4,6H2,1-2H3;1-2H3. The van der Waals surface area contributed by atoms with Gasteiger partial charge in [0.1, 0.15) is 5.82 Å². The summed E-state index contributed by atoms with van der Waals surface area (Å²) in [6.07, 6.45) is 3.06. The Hall–Kier alpha value is -0.990. The van der Waals surface area contributed by atoms with Crippen LogP contribution in [-0.4, -0.2) is 22.9 Å². The smallest absolute Gasteiger partial charge is 0.126 e. The molecule has 1 aliphatic heterocycles. The highest BCUT2D eigenvalue weighted by Gasteiger charge is 2.19. The zero-order chi connectivity index (χ0) is 9.84. The lowest BCUT2D eigenvalue weighted by Gasteiger charge is -2.31. The van der Waals surface area contributed by atoms with E-state index in [1.54, 1.807) is 0 Å². The van der Waals surface area contributed by atoms with Gasteiger partial charge in [0.05, 0.1) is 6.20 Å². The molecule has 2 rings (SSSR count). The molecular formula is C10H19N3. The predicted octanol–water partition coefficient (Wildman–Crippen LogP) is 2.14. The lowest BCUT2D eigenvalue weighted by Crippen LogP contribution is -2.36. The Morgan fingerprint density at radius 2 is 2.15 bits per heavy atom. The maximum absolute atomic E-state index is 4.22. The van der Waals surface area contributed by atoms with Gasteiger partial charge in [0.15, 0.2) is 0 Å². The van der Waals surface area contributed by atoms with Crippen molar-refractivity contribution in [1.29, 1.82) is 0 Å². The third-order valence-corrected chi connectivity index (χ3v) is 2.48. The normalized spacial score (nSPS) is 20.3. The van der Waals surface area contributed by atoms with Gasteiger partial charge in [0.25, 0.3) is 0 Å². The fourth-order valence-electron chi connectivity index (χ4n) is 1.53. The van der Waals surface area contributed by atoms with Gasteiger partial charge in [-0.3, -0.25) is 0 Å². The Morgan fingerprint density at radius 1 is 1.46 bits per heavy atom. The van der Waals surface area contributed by atoms with E-state index < -0.39 is 0 Å². The van der Waals surface area contributed by atoms with Crippen molar-refractivity contribution in [3.05, 3.63) is 12.3 Å². The van der Waals surface area contributed by atoms with E-state index in [1.807, 2.05) is 20.0 Å². The van der Waals surface area contributed by atoms with Crippen LogP contribution in [0.4, 0.5) is 5.82 Å². The summed E-state index contributed by atoms with van der Waals surface area (Å²) < 4.78 is 2.06. The SMILES string of the molecule is CC.CC1CCn2nccc2N1C. The summed E-state index contributed by atoms with van der Waals surface area (Å²) in [6, 6.07) is 2.72. The second kappa shape index (κ2) is 4.30. The quantitative estimate of drug-likeness (QED) is 0.611. The summed E-state index contributed by atoms with van der Waals surface area (Å²) in [5.41, 5.74) is 0. The zero-order valence-electron chi connectivity index (χ0n) is 8.99. The van der Waals surface area contributed by atoms with Crippen LogP contribution in [0.15, 0.2) is 12.3 Å². The highest BCUT2D eigenvalue weighted by Crippen LogP contribution is 2.21. The molecule has 74 valence electrons. The second-order valence-electron chi connectivity index (χ2n) is 3.16. The third kappa shape index (κ3) is 1.85. The van der Waals surface area contributed by atoms with Crippen LogP contribution < -0.4 is 4.90 Å². The molecule has 1 aliphatic rings. The molecule has 0 N–H and O–H groups in total. The number of rotatable bonds is 0. The average molecular weight is 181 g/mol. The van der Waals surface area contributed by atoms with Crippen molar-refractivity contribution in [2.75, 3.05) is 11.9 Å². The lowest BCUT2D eigenvalue weighted by atomic mass is 10.2. The number of aryl methyl sites for hydroxylation is 1. The first-order valence-corrected chi connectivity index (χ1v) is 5.03. The molecule has 1 aromatic rings. The largest absolute Gasteiger partial charge is 0.357 e.